The van der Waals surface area contributed by atoms with Crippen molar-refractivity contribution in [3.05, 3.63) is 0 Å². The van der Waals surface area contributed by atoms with Crippen molar-refractivity contribution >= 4 is 0 Å². The van der Waals surface area contributed by atoms with Gasteiger partial charge in [-0.1, -0.05) is 32.6 Å². The third kappa shape index (κ3) is 3.42. The molecule has 96 valence electrons. The Kier molecular flexibility index (Phi) is 6.29. The van der Waals surface area contributed by atoms with E-state index in [0.717, 1.165) is 19.6 Å². The van der Waals surface area contributed by atoms with Crippen LogP contribution in [-0.2, 0) is 0 Å². The van der Waals surface area contributed by atoms with Gasteiger partial charge in [0.15, 0.2) is 0 Å². The second-order valence-corrected chi connectivity index (χ2v) is 4.96. The smallest absolute Gasteiger partial charge is 0.0906 e. The quantitative estimate of drug-likeness (QED) is 0.711. The molecule has 0 amide bonds. The number of rotatable bonds is 6. The molecule has 0 heterocycles. The van der Waals surface area contributed by atoms with Crippen LogP contribution in [0, 0.1) is 0 Å². The highest BCUT2D eigenvalue weighted by Crippen LogP contribution is 2.31. The lowest BCUT2D eigenvalue weighted by atomic mass is 9.88. The molecule has 2 N–H and O–H groups in total. The van der Waals surface area contributed by atoms with Gasteiger partial charge in [0.25, 0.3) is 0 Å². The second kappa shape index (κ2) is 7.23. The van der Waals surface area contributed by atoms with Gasteiger partial charge in [-0.25, -0.2) is 0 Å². The topological polar surface area (TPSA) is 29.3 Å². The first-order chi connectivity index (χ1) is 7.79. The van der Waals surface area contributed by atoms with Crippen molar-refractivity contribution in [1.82, 2.24) is 4.90 Å². The summed E-state index contributed by atoms with van der Waals surface area (Å²) < 4.78 is 12.3. The van der Waals surface area contributed by atoms with Gasteiger partial charge in [-0.15, -0.1) is 0 Å². The van der Waals surface area contributed by atoms with E-state index in [9.17, 15) is 4.39 Å². The van der Waals surface area contributed by atoms with Gasteiger partial charge in [0.05, 0.1) is 6.67 Å². The second-order valence-electron chi connectivity index (χ2n) is 4.96. The Bertz CT molecular complexity index is 177. The highest BCUT2D eigenvalue weighted by Gasteiger charge is 2.34. The van der Waals surface area contributed by atoms with Gasteiger partial charge in [-0.2, -0.15) is 0 Å². The van der Waals surface area contributed by atoms with E-state index in [4.69, 9.17) is 5.73 Å². The number of hydrogen-bond donors (Lipinski definition) is 1. The summed E-state index contributed by atoms with van der Waals surface area (Å²) in [6.07, 6.45) is 8.28. The highest BCUT2D eigenvalue weighted by atomic mass is 19.1. The number of hydrogen-bond acceptors (Lipinski definition) is 2. The van der Waals surface area contributed by atoms with Crippen LogP contribution in [0.2, 0.25) is 0 Å². The molecule has 0 aromatic heterocycles. The zero-order chi connectivity index (χ0) is 11.9. The largest absolute Gasteiger partial charge is 0.329 e. The van der Waals surface area contributed by atoms with E-state index in [1.54, 1.807) is 0 Å². The Morgan fingerprint density at radius 1 is 1.19 bits per heavy atom. The summed E-state index contributed by atoms with van der Waals surface area (Å²) in [5, 5.41) is 0. The van der Waals surface area contributed by atoms with Crippen LogP contribution in [0.4, 0.5) is 4.39 Å². The summed E-state index contributed by atoms with van der Waals surface area (Å²) in [7, 11) is 0. The van der Waals surface area contributed by atoms with Gasteiger partial charge in [-0.05, 0) is 25.8 Å². The Morgan fingerprint density at radius 3 is 2.25 bits per heavy atom. The standard InChI is InChI=1S/C13H27FN2/c1-2-16(11-7-10-14)13(12-15)8-5-3-4-6-9-13/h2-12,15H2,1H3. The van der Waals surface area contributed by atoms with Gasteiger partial charge in [-0.3, -0.25) is 9.29 Å². The number of halogens is 1. The van der Waals surface area contributed by atoms with E-state index in [-0.39, 0.29) is 12.2 Å². The molecule has 1 fully saturated rings. The molecule has 0 unspecified atom stereocenters. The van der Waals surface area contributed by atoms with E-state index in [1.807, 2.05) is 0 Å². The summed E-state index contributed by atoms with van der Waals surface area (Å²) in [4.78, 5) is 2.43. The number of likely N-dealkylation sites (N-methyl/N-ethyl adjacent to an activating group) is 1. The molecular formula is C13H27FN2. The minimum atomic E-state index is -0.211. The molecular weight excluding hydrogens is 203 g/mol. The molecule has 16 heavy (non-hydrogen) atoms. The van der Waals surface area contributed by atoms with Crippen LogP contribution in [-0.4, -0.2) is 36.7 Å². The third-order valence-electron chi connectivity index (χ3n) is 4.03. The van der Waals surface area contributed by atoms with Crippen molar-refractivity contribution in [2.24, 2.45) is 5.73 Å². The van der Waals surface area contributed by atoms with Gasteiger partial charge in [0, 0.05) is 18.6 Å². The van der Waals surface area contributed by atoms with Crippen molar-refractivity contribution in [2.75, 3.05) is 26.3 Å². The minimum absolute atomic E-state index is 0.167. The van der Waals surface area contributed by atoms with Crippen LogP contribution in [0.25, 0.3) is 0 Å². The summed E-state index contributed by atoms with van der Waals surface area (Å²) in [6, 6.07) is 0. The van der Waals surface area contributed by atoms with Crippen LogP contribution in [0.15, 0.2) is 0 Å². The van der Waals surface area contributed by atoms with E-state index in [0.29, 0.717) is 6.42 Å². The molecule has 0 aliphatic heterocycles. The molecule has 0 radical (unpaired) electrons. The molecule has 1 aliphatic rings. The van der Waals surface area contributed by atoms with Crippen molar-refractivity contribution in [3.8, 4) is 0 Å². The van der Waals surface area contributed by atoms with Crippen molar-refractivity contribution in [2.45, 2.75) is 57.4 Å². The van der Waals surface area contributed by atoms with E-state index in [1.165, 1.54) is 38.5 Å². The minimum Gasteiger partial charge on any atom is -0.329 e. The van der Waals surface area contributed by atoms with E-state index in [2.05, 4.69) is 11.8 Å². The van der Waals surface area contributed by atoms with Crippen molar-refractivity contribution in [1.29, 1.82) is 0 Å². The lowest BCUT2D eigenvalue weighted by Crippen LogP contribution is -2.54. The predicted molar refractivity (Wildman–Crippen MR) is 67.3 cm³/mol. The van der Waals surface area contributed by atoms with E-state index < -0.39 is 0 Å². The normalized spacial score (nSPS) is 21.0. The predicted octanol–water partition coefficient (Wildman–Crippen LogP) is 2.72. The molecule has 0 aromatic carbocycles. The maximum absolute atomic E-state index is 12.3. The molecule has 3 heteroatoms. The first kappa shape index (κ1) is 13.9. The molecule has 0 bridgehead atoms. The average Bonchev–Trinajstić information content (AvgIpc) is 2.56. The SMILES string of the molecule is CCN(CCCF)C1(CN)CCCCCC1. The Hall–Kier alpha value is -0.150. The van der Waals surface area contributed by atoms with Crippen LogP contribution in [0.1, 0.15) is 51.9 Å². The molecule has 0 saturated heterocycles. The Balaban J connectivity index is 2.65. The summed E-state index contributed by atoms with van der Waals surface area (Å²) >= 11 is 0. The van der Waals surface area contributed by atoms with Crippen molar-refractivity contribution in [3.63, 3.8) is 0 Å². The Morgan fingerprint density at radius 2 is 1.81 bits per heavy atom. The number of nitrogens with zero attached hydrogens (tertiary/aromatic N) is 1. The van der Waals surface area contributed by atoms with Gasteiger partial charge in [0.1, 0.15) is 0 Å². The molecule has 1 aliphatic carbocycles. The summed E-state index contributed by atoms with van der Waals surface area (Å²) in [5.41, 5.74) is 6.19. The summed E-state index contributed by atoms with van der Waals surface area (Å²) in [6.45, 7) is 4.55. The molecule has 1 rings (SSSR count). The first-order valence-electron chi connectivity index (χ1n) is 6.80. The fourth-order valence-electron chi connectivity index (χ4n) is 3.02. The fourth-order valence-corrected chi connectivity index (χ4v) is 3.02. The molecule has 0 atom stereocenters. The molecule has 0 spiro atoms. The van der Waals surface area contributed by atoms with Crippen LogP contribution in [0.3, 0.4) is 0 Å². The number of nitrogens with two attached hydrogens (primary N) is 1. The monoisotopic (exact) mass is 230 g/mol. The molecule has 2 nitrogen and oxygen atoms in total. The number of alkyl halides is 1. The zero-order valence-electron chi connectivity index (χ0n) is 10.7. The van der Waals surface area contributed by atoms with Crippen LogP contribution >= 0.6 is 0 Å². The van der Waals surface area contributed by atoms with Crippen LogP contribution in [0.5, 0.6) is 0 Å². The van der Waals surface area contributed by atoms with Crippen molar-refractivity contribution < 1.29 is 4.39 Å². The Labute approximate surface area is 99.4 Å². The zero-order valence-corrected chi connectivity index (χ0v) is 10.7. The fraction of sp³-hybridized carbons (Fsp3) is 1.00. The van der Waals surface area contributed by atoms with Gasteiger partial charge < -0.3 is 5.73 Å². The molecule has 1 saturated carbocycles. The van der Waals surface area contributed by atoms with Crippen LogP contribution < -0.4 is 5.73 Å². The lowest BCUT2D eigenvalue weighted by Gasteiger charge is -2.43. The molecule has 0 aromatic rings. The van der Waals surface area contributed by atoms with Gasteiger partial charge in [0.2, 0.25) is 0 Å². The van der Waals surface area contributed by atoms with Gasteiger partial charge >= 0.3 is 0 Å². The van der Waals surface area contributed by atoms with E-state index >= 15 is 0 Å². The first-order valence-corrected chi connectivity index (χ1v) is 6.80. The lowest BCUT2D eigenvalue weighted by molar-refractivity contribution is 0.0800. The highest BCUT2D eigenvalue weighted by molar-refractivity contribution is 4.92. The third-order valence-corrected chi connectivity index (χ3v) is 4.03. The average molecular weight is 230 g/mol. The maximum Gasteiger partial charge on any atom is 0.0906 e. The summed E-state index contributed by atoms with van der Waals surface area (Å²) in [5.74, 6) is 0. The maximum atomic E-state index is 12.3.